The lowest BCUT2D eigenvalue weighted by Gasteiger charge is -2.18. The first-order valence-corrected chi connectivity index (χ1v) is 6.92. The highest BCUT2D eigenvalue weighted by molar-refractivity contribution is 5.76. The van der Waals surface area contributed by atoms with Crippen LogP contribution in [0.2, 0.25) is 0 Å². The quantitative estimate of drug-likeness (QED) is 0.837. The van der Waals surface area contributed by atoms with Gasteiger partial charge in [0.15, 0.2) is 0 Å². The van der Waals surface area contributed by atoms with Gasteiger partial charge in [-0.3, -0.25) is 4.79 Å². The Morgan fingerprint density at radius 3 is 3.00 bits per heavy atom. The summed E-state index contributed by atoms with van der Waals surface area (Å²) >= 11 is 0. The van der Waals surface area contributed by atoms with Gasteiger partial charge in [0.2, 0.25) is 11.8 Å². The van der Waals surface area contributed by atoms with Gasteiger partial charge >= 0.3 is 0 Å². The first-order valence-electron chi connectivity index (χ1n) is 6.92. The van der Waals surface area contributed by atoms with Crippen LogP contribution >= 0.6 is 0 Å². The molecule has 1 unspecified atom stereocenters. The summed E-state index contributed by atoms with van der Waals surface area (Å²) in [6.45, 7) is 7.56. The summed E-state index contributed by atoms with van der Waals surface area (Å²) in [4.78, 5) is 18.2. The summed E-state index contributed by atoms with van der Waals surface area (Å²) in [5.74, 6) is 1.30. The summed E-state index contributed by atoms with van der Waals surface area (Å²) in [5, 5.41) is 0. The Morgan fingerprint density at radius 2 is 2.32 bits per heavy atom. The van der Waals surface area contributed by atoms with Crippen molar-refractivity contribution in [1.82, 2.24) is 9.88 Å². The molecule has 19 heavy (non-hydrogen) atoms. The summed E-state index contributed by atoms with van der Waals surface area (Å²) in [5.41, 5.74) is 0.947. The lowest BCUT2D eigenvalue weighted by molar-refractivity contribution is -0.131. The third kappa shape index (κ3) is 3.94. The van der Waals surface area contributed by atoms with Crippen molar-refractivity contribution in [2.45, 2.75) is 39.7 Å². The second kappa shape index (κ2) is 6.04. The number of aryl methyl sites for hydroxylation is 1. The van der Waals surface area contributed by atoms with E-state index < -0.39 is 0 Å². The van der Waals surface area contributed by atoms with E-state index in [2.05, 4.69) is 18.8 Å². The van der Waals surface area contributed by atoms with Gasteiger partial charge in [-0.2, -0.15) is 0 Å². The fourth-order valence-electron chi connectivity index (χ4n) is 2.28. The van der Waals surface area contributed by atoms with Gasteiger partial charge in [0.05, 0.1) is 6.54 Å². The molecule has 0 N–H and O–H groups in total. The highest BCUT2D eigenvalue weighted by Gasteiger charge is 2.27. The van der Waals surface area contributed by atoms with E-state index >= 15 is 0 Å². The number of carbonyl (C=O) groups excluding carboxylic acids is 1. The zero-order valence-corrected chi connectivity index (χ0v) is 11.9. The molecule has 1 saturated heterocycles. The second-order valence-electron chi connectivity index (χ2n) is 5.58. The summed E-state index contributed by atoms with van der Waals surface area (Å²) in [7, 11) is 0. The van der Waals surface area contributed by atoms with E-state index in [0.29, 0.717) is 24.8 Å². The lowest BCUT2D eigenvalue weighted by atomic mass is 10.1. The average molecular weight is 262 g/mol. The third-order valence-electron chi connectivity index (χ3n) is 3.23. The first-order chi connectivity index (χ1) is 9.04. The topological polar surface area (TPSA) is 42.4 Å². The molecule has 2 rings (SSSR count). The first kappa shape index (κ1) is 13.8. The van der Waals surface area contributed by atoms with Gasteiger partial charge in [-0.1, -0.05) is 19.9 Å². The van der Waals surface area contributed by atoms with Gasteiger partial charge in [-0.15, -0.1) is 0 Å². The molecule has 1 aromatic heterocycles. The molecule has 0 spiro atoms. The maximum atomic E-state index is 12.0. The summed E-state index contributed by atoms with van der Waals surface area (Å²) in [6, 6.07) is 5.75. The van der Waals surface area contributed by atoms with Crippen LogP contribution in [0.5, 0.6) is 5.88 Å². The van der Waals surface area contributed by atoms with E-state index in [4.69, 9.17) is 4.74 Å². The van der Waals surface area contributed by atoms with Gasteiger partial charge in [0.1, 0.15) is 6.10 Å². The van der Waals surface area contributed by atoms with Crippen LogP contribution in [0.1, 0.15) is 32.4 Å². The number of amides is 1. The van der Waals surface area contributed by atoms with E-state index in [1.807, 2.05) is 30.0 Å². The fourth-order valence-corrected chi connectivity index (χ4v) is 2.28. The predicted octanol–water partition coefficient (Wildman–Crippen LogP) is 2.42. The van der Waals surface area contributed by atoms with Crippen molar-refractivity contribution in [2.24, 2.45) is 5.92 Å². The molecule has 1 aliphatic heterocycles. The van der Waals surface area contributed by atoms with Gasteiger partial charge in [0.25, 0.3) is 0 Å². The number of rotatable bonds is 4. The second-order valence-corrected chi connectivity index (χ2v) is 5.58. The number of nitrogens with zero attached hydrogens (tertiary/aromatic N) is 2. The van der Waals surface area contributed by atoms with Crippen molar-refractivity contribution in [3.05, 3.63) is 23.9 Å². The number of carbonyl (C=O) groups is 1. The van der Waals surface area contributed by atoms with E-state index in [-0.39, 0.29) is 12.0 Å². The smallest absolute Gasteiger partial charge is 0.222 e. The minimum absolute atomic E-state index is 0.0745. The monoisotopic (exact) mass is 262 g/mol. The molecule has 104 valence electrons. The molecule has 1 amide bonds. The molecule has 0 bridgehead atoms. The van der Waals surface area contributed by atoms with Crippen LogP contribution in [0, 0.1) is 12.8 Å². The number of likely N-dealkylation sites (tertiary alicyclic amines) is 1. The number of pyridine rings is 1. The SMILES string of the molecule is Cc1cccc(OC2CCN(C(=O)CC(C)C)C2)n1. The lowest BCUT2D eigenvalue weighted by Crippen LogP contribution is -2.31. The predicted molar refractivity (Wildman–Crippen MR) is 74.0 cm³/mol. The van der Waals surface area contributed by atoms with E-state index in [1.54, 1.807) is 0 Å². The molecule has 2 heterocycles. The molecular weight excluding hydrogens is 240 g/mol. The van der Waals surface area contributed by atoms with Crippen molar-refractivity contribution in [3.63, 3.8) is 0 Å². The highest BCUT2D eigenvalue weighted by atomic mass is 16.5. The molecule has 1 aromatic rings. The van der Waals surface area contributed by atoms with Crippen LogP contribution in [0.4, 0.5) is 0 Å². The Labute approximate surface area is 114 Å². The molecule has 0 aromatic carbocycles. The van der Waals surface area contributed by atoms with Gasteiger partial charge in [0, 0.05) is 31.1 Å². The molecule has 0 aliphatic carbocycles. The number of aromatic nitrogens is 1. The fraction of sp³-hybridized carbons (Fsp3) is 0.600. The van der Waals surface area contributed by atoms with Crippen molar-refractivity contribution in [3.8, 4) is 5.88 Å². The molecule has 1 atom stereocenters. The minimum atomic E-state index is 0.0745. The molecule has 4 heteroatoms. The van der Waals surface area contributed by atoms with Crippen molar-refractivity contribution < 1.29 is 9.53 Å². The molecule has 0 saturated carbocycles. The Hall–Kier alpha value is -1.58. The Kier molecular flexibility index (Phi) is 4.40. The largest absolute Gasteiger partial charge is 0.472 e. The Morgan fingerprint density at radius 1 is 1.53 bits per heavy atom. The van der Waals surface area contributed by atoms with Crippen LogP contribution < -0.4 is 4.74 Å². The summed E-state index contributed by atoms with van der Waals surface area (Å²) < 4.78 is 5.84. The maximum absolute atomic E-state index is 12.0. The van der Waals surface area contributed by atoms with E-state index in [9.17, 15) is 4.79 Å². The average Bonchev–Trinajstić information content (AvgIpc) is 2.76. The summed E-state index contributed by atoms with van der Waals surface area (Å²) in [6.07, 6.45) is 1.58. The third-order valence-corrected chi connectivity index (χ3v) is 3.23. The van der Waals surface area contributed by atoms with Crippen LogP contribution in [-0.4, -0.2) is 35.0 Å². The van der Waals surface area contributed by atoms with Gasteiger partial charge < -0.3 is 9.64 Å². The normalized spacial score (nSPS) is 18.9. The van der Waals surface area contributed by atoms with Crippen molar-refractivity contribution in [2.75, 3.05) is 13.1 Å². The van der Waals surface area contributed by atoms with Crippen LogP contribution in [0.3, 0.4) is 0 Å². The van der Waals surface area contributed by atoms with Crippen LogP contribution in [0.15, 0.2) is 18.2 Å². The maximum Gasteiger partial charge on any atom is 0.222 e. The number of ether oxygens (including phenoxy) is 1. The van der Waals surface area contributed by atoms with Crippen LogP contribution in [-0.2, 0) is 4.79 Å². The molecule has 0 radical (unpaired) electrons. The standard InChI is InChI=1S/C15H22N2O2/c1-11(2)9-15(18)17-8-7-13(10-17)19-14-6-4-5-12(3)16-14/h4-6,11,13H,7-10H2,1-3H3. The van der Waals surface area contributed by atoms with Gasteiger partial charge in [-0.25, -0.2) is 4.98 Å². The molecule has 1 aliphatic rings. The minimum Gasteiger partial charge on any atom is -0.472 e. The molecule has 4 nitrogen and oxygen atoms in total. The Balaban J connectivity index is 1.87. The number of hydrogen-bond donors (Lipinski definition) is 0. The zero-order valence-electron chi connectivity index (χ0n) is 11.9. The Bertz CT molecular complexity index is 446. The highest BCUT2D eigenvalue weighted by Crippen LogP contribution is 2.18. The zero-order chi connectivity index (χ0) is 13.8. The molecular formula is C15H22N2O2. The molecule has 1 fully saturated rings. The van der Waals surface area contributed by atoms with Crippen molar-refractivity contribution in [1.29, 1.82) is 0 Å². The van der Waals surface area contributed by atoms with Crippen LogP contribution in [0.25, 0.3) is 0 Å². The number of hydrogen-bond acceptors (Lipinski definition) is 3. The van der Waals surface area contributed by atoms with Gasteiger partial charge in [-0.05, 0) is 18.9 Å². The van der Waals surface area contributed by atoms with E-state index in [0.717, 1.165) is 18.7 Å². The van der Waals surface area contributed by atoms with E-state index in [1.165, 1.54) is 0 Å². The van der Waals surface area contributed by atoms with Crippen molar-refractivity contribution >= 4 is 5.91 Å².